The number of carbonyl (C=O) groups is 2. The van der Waals surface area contributed by atoms with Gasteiger partial charge in [0.1, 0.15) is 19.8 Å². The lowest BCUT2D eigenvalue weighted by Gasteiger charge is -2.24. The molecule has 0 amide bonds. The average molecular weight is 1040 g/mol. The molecule has 0 heterocycles. The summed E-state index contributed by atoms with van der Waals surface area (Å²) < 4.78 is 34.5. The number of ether oxygens (including phenoxy) is 2. The molecule has 0 radical (unpaired) electrons. The third-order valence-corrected chi connectivity index (χ3v) is 13.1. The minimum Gasteiger partial charge on any atom is -0.462 e. The highest BCUT2D eigenvalue weighted by Gasteiger charge is 2.27. The van der Waals surface area contributed by atoms with Gasteiger partial charge in [-0.25, -0.2) is 4.57 Å². The Morgan fingerprint density at radius 3 is 1.15 bits per heavy atom. The number of hydrogen-bond acceptors (Lipinski definition) is 7. The molecule has 0 aromatic carbocycles. The van der Waals surface area contributed by atoms with Crippen LogP contribution in [0.15, 0.2) is 109 Å². The summed E-state index contributed by atoms with van der Waals surface area (Å²) in [5.41, 5.74) is 0. The zero-order valence-electron chi connectivity index (χ0n) is 47.3. The molecule has 0 bridgehead atoms. The van der Waals surface area contributed by atoms with Gasteiger partial charge in [0.05, 0.1) is 27.7 Å². The second-order valence-electron chi connectivity index (χ2n) is 20.3. The summed E-state index contributed by atoms with van der Waals surface area (Å²) in [6.45, 7) is 4.26. The van der Waals surface area contributed by atoms with E-state index in [-0.39, 0.29) is 32.0 Å². The van der Waals surface area contributed by atoms with Crippen molar-refractivity contribution >= 4 is 19.8 Å². The summed E-state index contributed by atoms with van der Waals surface area (Å²) in [7, 11) is 1.43. The first kappa shape index (κ1) is 69.7. The predicted molar refractivity (Wildman–Crippen MR) is 311 cm³/mol. The average Bonchev–Trinajstić information content (AvgIpc) is 3.35. The second kappa shape index (κ2) is 53.5. The Labute approximate surface area is 448 Å². The van der Waals surface area contributed by atoms with Crippen LogP contribution >= 0.6 is 7.82 Å². The van der Waals surface area contributed by atoms with Crippen molar-refractivity contribution in [2.45, 2.75) is 232 Å². The number of allylic oxidation sites excluding steroid dienone is 18. The quantitative estimate of drug-likeness (QED) is 0.0211. The van der Waals surface area contributed by atoms with Crippen LogP contribution in [-0.2, 0) is 32.7 Å². The Bertz CT molecular complexity index is 1600. The van der Waals surface area contributed by atoms with Gasteiger partial charge in [-0.05, 0) is 77.0 Å². The van der Waals surface area contributed by atoms with Gasteiger partial charge in [0.15, 0.2) is 6.10 Å². The Balaban J connectivity index is 4.31. The molecule has 73 heavy (non-hydrogen) atoms. The lowest BCUT2D eigenvalue weighted by molar-refractivity contribution is -0.870. The van der Waals surface area contributed by atoms with Crippen molar-refractivity contribution in [2.75, 3.05) is 47.5 Å². The summed E-state index contributed by atoms with van der Waals surface area (Å²) in [6.07, 6.45) is 74.5. The maximum atomic E-state index is 12.8. The summed E-state index contributed by atoms with van der Waals surface area (Å²) >= 11 is 0. The zero-order valence-corrected chi connectivity index (χ0v) is 48.2. The lowest BCUT2D eigenvalue weighted by atomic mass is 10.0. The van der Waals surface area contributed by atoms with Crippen LogP contribution < -0.4 is 0 Å². The first-order valence-corrected chi connectivity index (χ1v) is 30.6. The molecule has 0 aromatic heterocycles. The van der Waals surface area contributed by atoms with Crippen molar-refractivity contribution < 1.29 is 42.1 Å². The van der Waals surface area contributed by atoms with Crippen LogP contribution in [0.2, 0.25) is 0 Å². The van der Waals surface area contributed by atoms with Crippen LogP contribution in [0.1, 0.15) is 226 Å². The van der Waals surface area contributed by atoms with Crippen LogP contribution in [0.3, 0.4) is 0 Å². The summed E-state index contributed by atoms with van der Waals surface area (Å²) in [4.78, 5) is 35.7. The van der Waals surface area contributed by atoms with Crippen LogP contribution in [-0.4, -0.2) is 74.9 Å². The van der Waals surface area contributed by atoms with E-state index >= 15 is 0 Å². The molecule has 0 aliphatic rings. The van der Waals surface area contributed by atoms with Crippen LogP contribution in [0, 0.1) is 0 Å². The van der Waals surface area contributed by atoms with E-state index in [1.807, 2.05) is 21.1 Å². The van der Waals surface area contributed by atoms with Crippen molar-refractivity contribution in [3.05, 3.63) is 109 Å². The Kier molecular flexibility index (Phi) is 51.1. The van der Waals surface area contributed by atoms with E-state index in [1.54, 1.807) is 0 Å². The van der Waals surface area contributed by atoms with E-state index in [0.717, 1.165) is 77.0 Å². The third kappa shape index (κ3) is 57.8. The number of phosphoric ester groups is 1. The van der Waals surface area contributed by atoms with E-state index < -0.39 is 26.5 Å². The molecule has 0 spiro atoms. The number of nitrogens with zero attached hydrogens (tertiary/aromatic N) is 1. The normalized spacial score (nSPS) is 14.1. The largest absolute Gasteiger partial charge is 0.472 e. The number of unbranched alkanes of at least 4 members (excludes halogenated alkanes) is 20. The molecule has 0 aliphatic heterocycles. The number of phosphoric acid groups is 1. The van der Waals surface area contributed by atoms with Crippen molar-refractivity contribution in [1.82, 2.24) is 0 Å². The third-order valence-electron chi connectivity index (χ3n) is 12.1. The maximum absolute atomic E-state index is 12.8. The molecule has 10 heteroatoms. The number of carbonyl (C=O) groups excluding carboxylic acids is 2. The minimum absolute atomic E-state index is 0.0162. The molecule has 0 aromatic rings. The van der Waals surface area contributed by atoms with Gasteiger partial charge in [0.2, 0.25) is 0 Å². The Morgan fingerprint density at radius 1 is 0.438 bits per heavy atom. The smallest absolute Gasteiger partial charge is 0.462 e. The van der Waals surface area contributed by atoms with E-state index in [0.29, 0.717) is 23.9 Å². The topological polar surface area (TPSA) is 108 Å². The molecule has 1 N–H and O–H groups in total. The van der Waals surface area contributed by atoms with Crippen LogP contribution in [0.25, 0.3) is 0 Å². The fourth-order valence-corrected chi connectivity index (χ4v) is 8.35. The first-order chi connectivity index (χ1) is 35.5. The van der Waals surface area contributed by atoms with Gasteiger partial charge in [-0.2, -0.15) is 0 Å². The van der Waals surface area contributed by atoms with E-state index in [4.69, 9.17) is 18.5 Å². The van der Waals surface area contributed by atoms with Gasteiger partial charge in [0.25, 0.3) is 0 Å². The molecule has 0 rings (SSSR count). The highest BCUT2D eigenvalue weighted by Crippen LogP contribution is 2.43. The van der Waals surface area contributed by atoms with Gasteiger partial charge in [-0.3, -0.25) is 18.6 Å². The fourth-order valence-electron chi connectivity index (χ4n) is 7.61. The molecule has 0 fully saturated rings. The summed E-state index contributed by atoms with van der Waals surface area (Å²) in [6, 6.07) is 0. The number of quaternary nitrogens is 1. The highest BCUT2D eigenvalue weighted by atomic mass is 31.2. The lowest BCUT2D eigenvalue weighted by Crippen LogP contribution is -2.37. The monoisotopic (exact) mass is 1040 g/mol. The molecule has 0 aliphatic carbocycles. The van der Waals surface area contributed by atoms with Gasteiger partial charge < -0.3 is 18.9 Å². The summed E-state index contributed by atoms with van der Waals surface area (Å²) in [5.74, 6) is -0.868. The summed E-state index contributed by atoms with van der Waals surface area (Å²) in [5, 5.41) is 0. The minimum atomic E-state index is -4.41. The zero-order chi connectivity index (χ0) is 53.5. The van der Waals surface area contributed by atoms with Crippen molar-refractivity contribution in [2.24, 2.45) is 0 Å². The second-order valence-corrected chi connectivity index (χ2v) is 21.8. The van der Waals surface area contributed by atoms with E-state index in [9.17, 15) is 19.0 Å². The van der Waals surface area contributed by atoms with Crippen molar-refractivity contribution in [3.8, 4) is 0 Å². The van der Waals surface area contributed by atoms with Crippen LogP contribution in [0.5, 0.6) is 0 Å². The number of hydrogen-bond donors (Lipinski definition) is 1. The van der Waals surface area contributed by atoms with Gasteiger partial charge >= 0.3 is 19.8 Å². The molecule has 9 nitrogen and oxygen atoms in total. The highest BCUT2D eigenvalue weighted by molar-refractivity contribution is 7.47. The molecule has 418 valence electrons. The van der Waals surface area contributed by atoms with Gasteiger partial charge in [0, 0.05) is 12.8 Å². The van der Waals surface area contributed by atoms with Gasteiger partial charge in [-0.15, -0.1) is 0 Å². The van der Waals surface area contributed by atoms with E-state index in [2.05, 4.69) is 123 Å². The predicted octanol–water partition coefficient (Wildman–Crippen LogP) is 18.2. The van der Waals surface area contributed by atoms with Crippen molar-refractivity contribution in [1.29, 1.82) is 0 Å². The van der Waals surface area contributed by atoms with E-state index in [1.165, 1.54) is 109 Å². The number of likely N-dealkylation sites (N-methyl/N-ethyl adjacent to an activating group) is 1. The fraction of sp³-hybridized carbons (Fsp3) is 0.683. The molecular weight excluding hydrogens is 930 g/mol. The SMILES string of the molecule is CC/C=C\C/C=C\C/C=C\C/C=C\C/C=C\C/C=C\C/C=C\C/C=C\C/C=C\CCCC(=O)OC(COC(=O)CCCCCCCCCCCCCCCCCCCCCC)COP(=O)(O)OCC[N+](C)(C)C. The van der Waals surface area contributed by atoms with Crippen molar-refractivity contribution in [3.63, 3.8) is 0 Å². The Morgan fingerprint density at radius 2 is 0.781 bits per heavy atom. The number of rotatable bonds is 52. The first-order valence-electron chi connectivity index (χ1n) is 29.1. The van der Waals surface area contributed by atoms with Crippen LogP contribution in [0.4, 0.5) is 0 Å². The molecule has 0 saturated heterocycles. The standard InChI is InChI=1S/C63H108NO8P/c1-6-8-10-12-14-16-18-20-22-24-26-28-29-30-31-32-33-34-35-36-38-40-42-44-46-48-50-52-54-56-63(66)72-61(60-71-73(67,68)70-58-57-64(3,4)5)59-69-62(65)55-53-51-49-47-45-43-41-39-37-27-25-23-21-19-17-15-13-11-9-7-2/h8,10,14,16,20,22,26,28,30-31,33-34,36,38,42,44,48,50,61H,6-7,9,11-13,15,17-19,21,23-25,27,29,32,35,37,39-41,43,45-47,49,51-60H2,1-5H3/p+1/b10-8-,16-14-,22-20-,28-26-,31-30-,34-33-,38-36-,44-42-,50-48-. The maximum Gasteiger partial charge on any atom is 0.472 e. The molecule has 2 atom stereocenters. The molecule has 2 unspecified atom stereocenters. The van der Waals surface area contributed by atoms with Gasteiger partial charge in [-0.1, -0.05) is 245 Å². The Hall–Kier alpha value is -3.33. The molecule has 0 saturated carbocycles. The molecular formula is C63H109NO8P+. The number of esters is 2.